The molecule has 0 spiro atoms. The molecular weight excluding hydrogens is 474 g/mol. The molecule has 0 unspecified atom stereocenters. The first-order chi connectivity index (χ1) is 17.9. The number of anilines is 2. The molecule has 0 N–H and O–H groups in total. The number of amides is 1. The molecule has 196 valence electrons. The van der Waals surface area contributed by atoms with Gasteiger partial charge in [0.05, 0.1) is 18.8 Å². The van der Waals surface area contributed by atoms with Gasteiger partial charge in [-0.1, -0.05) is 6.92 Å². The van der Waals surface area contributed by atoms with E-state index in [0.717, 1.165) is 41.9 Å². The number of nitrogens with zero attached hydrogens (tertiary/aromatic N) is 6. The number of aryl methyl sites for hydroxylation is 2. The molecule has 1 aliphatic carbocycles. The normalized spacial score (nSPS) is 18.2. The van der Waals surface area contributed by atoms with Gasteiger partial charge in [-0.05, 0) is 61.8 Å². The molecule has 7 nitrogen and oxygen atoms in total. The first-order valence-electron chi connectivity index (χ1n) is 13.4. The molecule has 2 aromatic heterocycles. The summed E-state index contributed by atoms with van der Waals surface area (Å²) in [7, 11) is 1.79. The molecule has 3 aliphatic rings. The van der Waals surface area contributed by atoms with Gasteiger partial charge in [-0.3, -0.25) is 14.2 Å². The minimum atomic E-state index is -2.61. The molecule has 37 heavy (non-hydrogen) atoms. The van der Waals surface area contributed by atoms with Crippen molar-refractivity contribution < 1.29 is 13.6 Å². The number of benzene rings is 1. The van der Waals surface area contributed by atoms with Gasteiger partial charge in [0.2, 0.25) is 5.91 Å². The first-order valence-corrected chi connectivity index (χ1v) is 13.4. The fourth-order valence-corrected chi connectivity index (χ4v) is 6.06. The van der Waals surface area contributed by atoms with Crippen molar-refractivity contribution >= 4 is 17.4 Å². The number of carbonyl (C=O) groups excluding carboxylic acids is 1. The van der Waals surface area contributed by atoms with E-state index < -0.39 is 6.43 Å². The monoisotopic (exact) mass is 508 g/mol. The quantitative estimate of drug-likeness (QED) is 0.437. The summed E-state index contributed by atoms with van der Waals surface area (Å²) < 4.78 is 32.6. The van der Waals surface area contributed by atoms with Crippen LogP contribution in [0.3, 0.4) is 0 Å². The van der Waals surface area contributed by atoms with E-state index in [1.54, 1.807) is 30.2 Å². The van der Waals surface area contributed by atoms with Gasteiger partial charge in [0.1, 0.15) is 0 Å². The smallest absolute Gasteiger partial charge is 0.264 e. The number of halogens is 2. The second-order valence-electron chi connectivity index (χ2n) is 10.7. The topological polar surface area (TPSA) is 59.2 Å². The Morgan fingerprint density at radius 3 is 2.68 bits per heavy atom. The van der Waals surface area contributed by atoms with Crippen LogP contribution in [0.15, 0.2) is 24.5 Å². The Labute approximate surface area is 216 Å². The zero-order chi connectivity index (χ0) is 25.8. The summed E-state index contributed by atoms with van der Waals surface area (Å²) in [6, 6.07) is 3.88. The van der Waals surface area contributed by atoms with Crippen molar-refractivity contribution in [2.45, 2.75) is 71.4 Å². The second-order valence-corrected chi connectivity index (χ2v) is 10.7. The van der Waals surface area contributed by atoms with Crippen LogP contribution >= 0.6 is 0 Å². The molecule has 1 aromatic carbocycles. The summed E-state index contributed by atoms with van der Waals surface area (Å²) in [5, 5.41) is 9.36. The Bertz CT molecular complexity index is 1340. The van der Waals surface area contributed by atoms with E-state index in [1.807, 2.05) is 17.9 Å². The molecule has 1 amide bonds. The van der Waals surface area contributed by atoms with Gasteiger partial charge in [0.15, 0.2) is 5.82 Å². The zero-order valence-corrected chi connectivity index (χ0v) is 21.8. The van der Waals surface area contributed by atoms with Crippen molar-refractivity contribution in [3.63, 3.8) is 0 Å². The van der Waals surface area contributed by atoms with Crippen LogP contribution in [0.4, 0.5) is 20.3 Å². The number of alkyl halides is 2. The first kappa shape index (κ1) is 24.1. The number of hydrogen-bond donors (Lipinski definition) is 0. The average molecular weight is 509 g/mol. The van der Waals surface area contributed by atoms with Crippen molar-refractivity contribution in [3.8, 4) is 11.1 Å². The molecule has 4 heterocycles. The predicted octanol–water partition coefficient (Wildman–Crippen LogP) is 5.57. The van der Waals surface area contributed by atoms with Crippen LogP contribution in [0.1, 0.15) is 74.4 Å². The number of hydrogen-bond acceptors (Lipinski definition) is 4. The van der Waals surface area contributed by atoms with Crippen molar-refractivity contribution in [3.05, 3.63) is 46.9 Å². The molecule has 9 heteroatoms. The Morgan fingerprint density at radius 1 is 1.19 bits per heavy atom. The third-order valence-corrected chi connectivity index (χ3v) is 8.29. The van der Waals surface area contributed by atoms with E-state index in [9.17, 15) is 13.6 Å². The largest absolute Gasteiger partial charge is 0.338 e. The highest BCUT2D eigenvalue weighted by Gasteiger charge is 2.37. The highest BCUT2D eigenvalue weighted by atomic mass is 19.3. The Kier molecular flexibility index (Phi) is 6.04. The number of rotatable bonds is 6. The fraction of sp³-hybridized carbons (Fsp3) is 0.536. The van der Waals surface area contributed by atoms with Crippen molar-refractivity contribution in [1.29, 1.82) is 0 Å². The summed E-state index contributed by atoms with van der Waals surface area (Å²) in [6.07, 6.45) is 6.22. The lowest BCUT2D eigenvalue weighted by Gasteiger charge is -2.33. The van der Waals surface area contributed by atoms with Crippen LogP contribution in [-0.2, 0) is 31.2 Å². The zero-order valence-electron chi connectivity index (χ0n) is 21.8. The van der Waals surface area contributed by atoms with Crippen LogP contribution in [-0.4, -0.2) is 43.5 Å². The molecule has 1 fully saturated rings. The minimum absolute atomic E-state index is 0.0149. The lowest BCUT2D eigenvalue weighted by Crippen LogP contribution is -2.36. The summed E-state index contributed by atoms with van der Waals surface area (Å²) in [6.45, 7) is 6.06. The minimum Gasteiger partial charge on any atom is -0.338 e. The Hall–Kier alpha value is -3.23. The second kappa shape index (κ2) is 9.26. The fourth-order valence-electron chi connectivity index (χ4n) is 6.06. The Balaban J connectivity index is 1.47. The van der Waals surface area contributed by atoms with E-state index in [0.29, 0.717) is 49.1 Å². The molecule has 3 aromatic rings. The van der Waals surface area contributed by atoms with Gasteiger partial charge < -0.3 is 9.80 Å². The summed E-state index contributed by atoms with van der Waals surface area (Å²) in [4.78, 5) is 16.7. The number of aromatic nitrogens is 4. The molecule has 6 rings (SSSR count). The van der Waals surface area contributed by atoms with Gasteiger partial charge in [-0.15, -0.1) is 0 Å². The van der Waals surface area contributed by atoms with Gasteiger partial charge in [-0.2, -0.15) is 10.2 Å². The third kappa shape index (κ3) is 4.22. The standard InChI is InChI=1S/C28H34F2N6O/c1-4-26(37)34-11-9-24-23(16-34)28(32-36(24)17(2)18-7-8-18)35-10-5-6-19-12-21(20-14-31-33(3)15-20)22(27(29)30)13-25(19)35/h12-15,17-18,27H,4-11,16H2,1-3H3/t17-/m0/s1. The van der Waals surface area contributed by atoms with E-state index in [2.05, 4.69) is 21.6 Å². The molecule has 2 aliphatic heterocycles. The lowest BCUT2D eigenvalue weighted by atomic mass is 9.92. The molecule has 0 radical (unpaired) electrons. The number of carbonyl (C=O) groups is 1. The van der Waals surface area contributed by atoms with Crippen LogP contribution in [0, 0.1) is 5.92 Å². The van der Waals surface area contributed by atoms with E-state index in [4.69, 9.17) is 5.10 Å². The molecule has 1 atom stereocenters. The predicted molar refractivity (Wildman–Crippen MR) is 138 cm³/mol. The van der Waals surface area contributed by atoms with Crippen LogP contribution in [0.25, 0.3) is 11.1 Å². The van der Waals surface area contributed by atoms with Gasteiger partial charge in [0.25, 0.3) is 6.43 Å². The van der Waals surface area contributed by atoms with Crippen molar-refractivity contribution in [2.24, 2.45) is 13.0 Å². The summed E-state index contributed by atoms with van der Waals surface area (Å²) >= 11 is 0. The molecular formula is C28H34F2N6O. The van der Waals surface area contributed by atoms with E-state index in [-0.39, 0.29) is 11.5 Å². The summed E-state index contributed by atoms with van der Waals surface area (Å²) in [5.74, 6) is 1.60. The van der Waals surface area contributed by atoms with Gasteiger partial charge >= 0.3 is 0 Å². The maximum Gasteiger partial charge on any atom is 0.264 e. The van der Waals surface area contributed by atoms with Gasteiger partial charge in [0, 0.05) is 67.2 Å². The third-order valence-electron chi connectivity index (χ3n) is 8.29. The SMILES string of the molecule is CCC(=O)N1CCc2c(c(N3CCCc4cc(-c5cnn(C)c5)c(C(F)F)cc43)nn2[C@@H](C)C2CC2)C1. The average Bonchev–Trinajstić information content (AvgIpc) is 3.56. The van der Waals surface area contributed by atoms with Crippen LogP contribution in [0.2, 0.25) is 0 Å². The highest BCUT2D eigenvalue weighted by molar-refractivity contribution is 5.78. The molecule has 0 saturated heterocycles. The van der Waals surface area contributed by atoms with E-state index in [1.165, 1.54) is 18.5 Å². The van der Waals surface area contributed by atoms with Gasteiger partial charge in [-0.25, -0.2) is 8.78 Å². The molecule has 0 bridgehead atoms. The Morgan fingerprint density at radius 2 is 2.00 bits per heavy atom. The maximum absolute atomic E-state index is 14.4. The van der Waals surface area contributed by atoms with Crippen molar-refractivity contribution in [2.75, 3.05) is 18.0 Å². The lowest BCUT2D eigenvalue weighted by molar-refractivity contribution is -0.131. The van der Waals surface area contributed by atoms with Crippen LogP contribution < -0.4 is 4.90 Å². The van der Waals surface area contributed by atoms with E-state index >= 15 is 0 Å². The van der Waals surface area contributed by atoms with Crippen molar-refractivity contribution in [1.82, 2.24) is 24.5 Å². The number of fused-ring (bicyclic) bond motifs is 2. The van der Waals surface area contributed by atoms with Crippen LogP contribution in [0.5, 0.6) is 0 Å². The summed E-state index contributed by atoms with van der Waals surface area (Å²) in [5.41, 5.74) is 5.38. The highest BCUT2D eigenvalue weighted by Crippen LogP contribution is 2.45. The molecule has 1 saturated carbocycles. The maximum atomic E-state index is 14.4.